The van der Waals surface area contributed by atoms with Crippen LogP contribution in [0.5, 0.6) is 5.75 Å². The van der Waals surface area contributed by atoms with Gasteiger partial charge >= 0.3 is 6.36 Å². The first kappa shape index (κ1) is 21.7. The van der Waals surface area contributed by atoms with Crippen molar-refractivity contribution in [3.05, 3.63) is 23.8 Å². The summed E-state index contributed by atoms with van der Waals surface area (Å²) in [6.07, 6.45) is -3.28. The fraction of sp³-hybridized carbons (Fsp3) is 0.650. The number of morpholine rings is 1. The number of benzene rings is 1. The Balaban J connectivity index is 1.57. The van der Waals surface area contributed by atoms with E-state index in [-0.39, 0.29) is 23.7 Å². The number of hydrogen-bond donors (Lipinski definition) is 1. The van der Waals surface area contributed by atoms with Crippen LogP contribution in [-0.4, -0.2) is 68.6 Å². The summed E-state index contributed by atoms with van der Waals surface area (Å²) < 4.78 is 46.7. The Labute approximate surface area is 168 Å². The van der Waals surface area contributed by atoms with Crippen molar-refractivity contribution < 1.29 is 27.4 Å². The smallest absolute Gasteiger partial charge is 0.406 e. The van der Waals surface area contributed by atoms with E-state index in [2.05, 4.69) is 28.8 Å². The molecule has 1 amide bonds. The number of carbonyl (C=O) groups is 1. The lowest BCUT2D eigenvalue weighted by molar-refractivity contribution is -0.274. The predicted octanol–water partition coefficient (Wildman–Crippen LogP) is 2.56. The summed E-state index contributed by atoms with van der Waals surface area (Å²) in [5, 5.41) is 3.00. The molecule has 1 saturated heterocycles. The van der Waals surface area contributed by atoms with E-state index in [4.69, 9.17) is 4.74 Å². The summed E-state index contributed by atoms with van der Waals surface area (Å²) in [6, 6.07) is 4.30. The van der Waals surface area contributed by atoms with Crippen LogP contribution >= 0.6 is 0 Å². The zero-order chi connectivity index (χ0) is 21.1. The van der Waals surface area contributed by atoms with Crippen molar-refractivity contribution in [3.8, 4) is 5.75 Å². The first-order valence-corrected chi connectivity index (χ1v) is 9.87. The van der Waals surface area contributed by atoms with E-state index in [0.717, 1.165) is 30.8 Å². The second kappa shape index (κ2) is 8.79. The molecule has 2 aliphatic rings. The highest BCUT2D eigenvalue weighted by Gasteiger charge is 2.32. The molecule has 9 heteroatoms. The molecule has 1 N–H and O–H groups in total. The summed E-state index contributed by atoms with van der Waals surface area (Å²) in [7, 11) is 0. The van der Waals surface area contributed by atoms with E-state index in [1.807, 2.05) is 4.90 Å². The van der Waals surface area contributed by atoms with Gasteiger partial charge in [0.2, 0.25) is 5.91 Å². The molecule has 29 heavy (non-hydrogen) atoms. The van der Waals surface area contributed by atoms with Gasteiger partial charge in [0, 0.05) is 37.4 Å². The van der Waals surface area contributed by atoms with Gasteiger partial charge in [-0.25, -0.2) is 0 Å². The normalized spacial score (nSPS) is 18.3. The number of ether oxygens (including phenoxy) is 2. The molecule has 0 spiro atoms. The monoisotopic (exact) mass is 415 g/mol. The molecular formula is C20H28F3N3O3. The van der Waals surface area contributed by atoms with Gasteiger partial charge in [-0.15, -0.1) is 13.2 Å². The summed E-state index contributed by atoms with van der Waals surface area (Å²) in [5.41, 5.74) is 1.37. The average molecular weight is 415 g/mol. The number of aryl methyl sites for hydroxylation is 1. The predicted molar refractivity (Wildman–Crippen MR) is 103 cm³/mol. The van der Waals surface area contributed by atoms with Gasteiger partial charge in [-0.2, -0.15) is 0 Å². The lowest BCUT2D eigenvalue weighted by atomic mass is 10.0. The van der Waals surface area contributed by atoms with Crippen molar-refractivity contribution in [2.75, 3.05) is 50.8 Å². The summed E-state index contributed by atoms with van der Waals surface area (Å²) in [4.78, 5) is 16.7. The van der Waals surface area contributed by atoms with Crippen LogP contribution in [0.4, 0.5) is 18.9 Å². The van der Waals surface area contributed by atoms with Gasteiger partial charge in [-0.3, -0.25) is 9.69 Å². The molecule has 6 nitrogen and oxygen atoms in total. The first-order chi connectivity index (χ1) is 13.6. The maximum absolute atomic E-state index is 12.5. The highest BCUT2D eigenvalue weighted by molar-refractivity contribution is 5.82. The molecule has 2 aliphatic heterocycles. The minimum atomic E-state index is -4.71. The molecule has 1 aromatic carbocycles. The van der Waals surface area contributed by atoms with E-state index in [1.54, 1.807) is 6.07 Å². The van der Waals surface area contributed by atoms with Gasteiger partial charge in [-0.05, 0) is 50.5 Å². The quantitative estimate of drug-likeness (QED) is 0.774. The number of halogens is 3. The van der Waals surface area contributed by atoms with Crippen LogP contribution in [0.1, 0.15) is 25.8 Å². The van der Waals surface area contributed by atoms with Gasteiger partial charge in [-0.1, -0.05) is 0 Å². The molecule has 162 valence electrons. The lowest BCUT2D eigenvalue weighted by Gasteiger charge is -2.41. The van der Waals surface area contributed by atoms with Crippen LogP contribution in [0.25, 0.3) is 0 Å². The van der Waals surface area contributed by atoms with Crippen LogP contribution in [0.2, 0.25) is 0 Å². The number of carbonyl (C=O) groups excluding carboxylic acids is 1. The standard InChI is InChI=1S/C20H28F3N3O3/c1-19(2,26-8-10-28-11-9-26)14-24-18(27)13-25-7-3-4-15-12-16(5-6-17(15)25)29-20(21,22)23/h5-6,12H,3-4,7-11,13-14H2,1-2H3,(H,24,27). The van der Waals surface area contributed by atoms with Crippen molar-refractivity contribution in [3.63, 3.8) is 0 Å². The summed E-state index contributed by atoms with van der Waals surface area (Å²) >= 11 is 0. The number of nitrogens with zero attached hydrogens (tertiary/aromatic N) is 2. The molecule has 0 atom stereocenters. The number of amides is 1. The highest BCUT2D eigenvalue weighted by Crippen LogP contribution is 2.32. The SMILES string of the molecule is CC(C)(CNC(=O)CN1CCCc2cc(OC(F)(F)F)ccc21)N1CCOCC1. The molecule has 1 aromatic rings. The summed E-state index contributed by atoms with van der Waals surface area (Å²) in [5.74, 6) is -0.329. The van der Waals surface area contributed by atoms with Crippen LogP contribution in [0.3, 0.4) is 0 Å². The fourth-order valence-electron chi connectivity index (χ4n) is 3.84. The Kier molecular flexibility index (Phi) is 6.58. The van der Waals surface area contributed by atoms with E-state index >= 15 is 0 Å². The largest absolute Gasteiger partial charge is 0.573 e. The van der Waals surface area contributed by atoms with Crippen molar-refractivity contribution in [1.29, 1.82) is 0 Å². The van der Waals surface area contributed by atoms with E-state index in [0.29, 0.717) is 32.7 Å². The van der Waals surface area contributed by atoms with Crippen molar-refractivity contribution >= 4 is 11.6 Å². The second-order valence-corrected chi connectivity index (χ2v) is 8.05. The van der Waals surface area contributed by atoms with Gasteiger partial charge < -0.3 is 19.7 Å². The molecule has 1 fully saturated rings. The van der Waals surface area contributed by atoms with Gasteiger partial charge in [0.25, 0.3) is 0 Å². The van der Waals surface area contributed by atoms with Crippen LogP contribution in [0.15, 0.2) is 18.2 Å². The minimum absolute atomic E-state index is 0.102. The molecule has 0 unspecified atom stereocenters. The molecule has 0 saturated carbocycles. The molecule has 0 radical (unpaired) electrons. The molecule has 0 aromatic heterocycles. The molecule has 3 rings (SSSR count). The van der Waals surface area contributed by atoms with Crippen LogP contribution in [0, 0.1) is 0 Å². The fourth-order valence-corrected chi connectivity index (χ4v) is 3.84. The van der Waals surface area contributed by atoms with E-state index < -0.39 is 6.36 Å². The van der Waals surface area contributed by atoms with Crippen LogP contribution in [-0.2, 0) is 16.0 Å². The van der Waals surface area contributed by atoms with Gasteiger partial charge in [0.1, 0.15) is 5.75 Å². The number of hydrogen-bond acceptors (Lipinski definition) is 5. The Bertz CT molecular complexity index is 719. The Morgan fingerprint density at radius 3 is 2.62 bits per heavy atom. The zero-order valence-electron chi connectivity index (χ0n) is 16.8. The number of anilines is 1. The van der Waals surface area contributed by atoms with Crippen LogP contribution < -0.4 is 15.0 Å². The Morgan fingerprint density at radius 2 is 1.93 bits per heavy atom. The number of alkyl halides is 3. The molecule has 2 heterocycles. The molecule has 0 bridgehead atoms. The maximum atomic E-state index is 12.5. The van der Waals surface area contributed by atoms with Crippen molar-refractivity contribution in [2.45, 2.75) is 38.6 Å². The Morgan fingerprint density at radius 1 is 1.21 bits per heavy atom. The van der Waals surface area contributed by atoms with Gasteiger partial charge in [0.15, 0.2) is 0 Å². The molecule has 0 aliphatic carbocycles. The van der Waals surface area contributed by atoms with E-state index in [9.17, 15) is 18.0 Å². The third-order valence-corrected chi connectivity index (χ3v) is 5.42. The van der Waals surface area contributed by atoms with Crippen molar-refractivity contribution in [2.24, 2.45) is 0 Å². The number of rotatable bonds is 6. The highest BCUT2D eigenvalue weighted by atomic mass is 19.4. The third-order valence-electron chi connectivity index (χ3n) is 5.42. The average Bonchev–Trinajstić information content (AvgIpc) is 2.66. The lowest BCUT2D eigenvalue weighted by Crippen LogP contribution is -2.56. The van der Waals surface area contributed by atoms with Gasteiger partial charge in [0.05, 0.1) is 19.8 Å². The maximum Gasteiger partial charge on any atom is 0.573 e. The van der Waals surface area contributed by atoms with Crippen molar-refractivity contribution in [1.82, 2.24) is 10.2 Å². The molecular weight excluding hydrogens is 387 g/mol. The first-order valence-electron chi connectivity index (χ1n) is 9.87. The number of nitrogens with one attached hydrogen (secondary N) is 1. The topological polar surface area (TPSA) is 54.0 Å². The number of fused-ring (bicyclic) bond motifs is 1. The minimum Gasteiger partial charge on any atom is -0.406 e. The third kappa shape index (κ3) is 5.99. The summed E-state index contributed by atoms with van der Waals surface area (Å²) in [6.45, 7) is 8.64. The second-order valence-electron chi connectivity index (χ2n) is 8.05. The zero-order valence-corrected chi connectivity index (χ0v) is 16.8. The Hall–Kier alpha value is -2.00. The van der Waals surface area contributed by atoms with E-state index in [1.165, 1.54) is 12.1 Å².